The number of hydrogen-bond acceptors (Lipinski definition) is 4. The monoisotopic (exact) mass is 647 g/mol. The Bertz CT molecular complexity index is 2050. The third-order valence-corrected chi connectivity index (χ3v) is 10.2. The number of para-hydroxylation sites is 1. The predicted octanol–water partition coefficient (Wildman–Crippen LogP) is 7.60. The molecule has 0 radical (unpaired) electrons. The highest BCUT2D eigenvalue weighted by Crippen LogP contribution is 2.62. The van der Waals surface area contributed by atoms with Gasteiger partial charge in [-0.15, -0.1) is 4.40 Å². The van der Waals surface area contributed by atoms with Gasteiger partial charge in [0, 0.05) is 10.7 Å². The maximum atomic E-state index is 14.9. The van der Waals surface area contributed by atoms with Gasteiger partial charge in [0.05, 0.1) is 16.2 Å². The van der Waals surface area contributed by atoms with Crippen molar-refractivity contribution >= 4 is 39.1 Å². The van der Waals surface area contributed by atoms with Crippen LogP contribution in [0.1, 0.15) is 39.8 Å². The summed E-state index contributed by atoms with van der Waals surface area (Å²) in [6.07, 6.45) is 0. The molecule has 1 saturated heterocycles. The summed E-state index contributed by atoms with van der Waals surface area (Å²) in [4.78, 5) is 21.4. The third-order valence-electron chi connectivity index (χ3n) is 8.64. The van der Waals surface area contributed by atoms with Gasteiger partial charge in [0.1, 0.15) is 18.5 Å². The van der Waals surface area contributed by atoms with Crippen LogP contribution in [0, 0.1) is 6.92 Å². The van der Waals surface area contributed by atoms with Crippen LogP contribution < -0.4 is 5.32 Å². The highest BCUT2D eigenvalue weighted by atomic mass is 35.5. The number of nitrogens with one attached hydrogen (secondary N) is 1. The largest absolute Gasteiger partial charge is 0.342 e. The van der Waals surface area contributed by atoms with Crippen molar-refractivity contribution in [3.05, 3.63) is 166 Å². The Kier molecular flexibility index (Phi) is 7.72. The van der Waals surface area contributed by atoms with Crippen molar-refractivity contribution in [1.29, 1.82) is 0 Å². The van der Waals surface area contributed by atoms with E-state index in [0.29, 0.717) is 16.3 Å². The number of benzene rings is 5. The maximum Gasteiger partial charge on any atom is 0.283 e. The van der Waals surface area contributed by atoms with Gasteiger partial charge in [0.15, 0.2) is 0 Å². The maximum absolute atomic E-state index is 14.9. The fraction of sp³-hybridized carbons (Fsp3) is 0.135. The molecule has 1 spiro atoms. The summed E-state index contributed by atoms with van der Waals surface area (Å²) < 4.78 is 32.6. The van der Waals surface area contributed by atoms with E-state index < -0.39 is 27.4 Å². The Balaban J connectivity index is 1.52. The van der Waals surface area contributed by atoms with E-state index >= 15 is 0 Å². The van der Waals surface area contributed by atoms with E-state index in [9.17, 15) is 13.2 Å². The molecule has 0 saturated carbocycles. The number of amides is 1. The van der Waals surface area contributed by atoms with Gasteiger partial charge in [-0.2, -0.15) is 8.42 Å². The number of hydrogen-bond donors (Lipinski definition) is 1. The van der Waals surface area contributed by atoms with Gasteiger partial charge in [0.25, 0.3) is 15.9 Å². The van der Waals surface area contributed by atoms with Gasteiger partial charge in [-0.25, -0.2) is 5.06 Å². The lowest BCUT2D eigenvalue weighted by molar-refractivity contribution is -0.198. The van der Waals surface area contributed by atoms with Crippen LogP contribution in [0.15, 0.2) is 143 Å². The molecule has 7 nitrogen and oxygen atoms in total. The number of halogens is 1. The highest BCUT2D eigenvalue weighted by molar-refractivity contribution is 7.90. The Labute approximate surface area is 273 Å². The quantitative estimate of drug-likeness (QED) is 0.197. The van der Waals surface area contributed by atoms with Crippen molar-refractivity contribution in [3.63, 3.8) is 0 Å². The van der Waals surface area contributed by atoms with Crippen LogP contribution in [-0.2, 0) is 31.7 Å². The molecule has 2 heterocycles. The fourth-order valence-electron chi connectivity index (χ4n) is 6.64. The predicted molar refractivity (Wildman–Crippen MR) is 179 cm³/mol. The van der Waals surface area contributed by atoms with Crippen LogP contribution in [0.4, 0.5) is 5.69 Å². The lowest BCUT2D eigenvalue weighted by Crippen LogP contribution is -2.44. The molecule has 7 rings (SSSR count). The number of anilines is 1. The molecule has 3 atom stereocenters. The van der Waals surface area contributed by atoms with Gasteiger partial charge in [0.2, 0.25) is 0 Å². The smallest absolute Gasteiger partial charge is 0.283 e. The summed E-state index contributed by atoms with van der Waals surface area (Å²) in [5.41, 5.74) is 3.21. The number of carbonyl (C=O) groups excluding carboxylic acids is 1. The van der Waals surface area contributed by atoms with Crippen molar-refractivity contribution in [2.45, 2.75) is 35.8 Å². The second-order valence-electron chi connectivity index (χ2n) is 11.5. The van der Waals surface area contributed by atoms with Crippen LogP contribution in [0.2, 0.25) is 5.02 Å². The molecular formula is C37H30ClN3O4S. The Morgan fingerprint density at radius 2 is 1.48 bits per heavy atom. The van der Waals surface area contributed by atoms with Crippen molar-refractivity contribution in [2.75, 3.05) is 5.32 Å². The molecule has 0 bridgehead atoms. The molecule has 5 aromatic carbocycles. The van der Waals surface area contributed by atoms with E-state index in [2.05, 4.69) is 9.71 Å². The second-order valence-corrected chi connectivity index (χ2v) is 13.5. The highest BCUT2D eigenvalue weighted by Gasteiger charge is 2.67. The first kappa shape index (κ1) is 29.9. The van der Waals surface area contributed by atoms with Crippen molar-refractivity contribution in [2.24, 2.45) is 4.40 Å². The van der Waals surface area contributed by atoms with Gasteiger partial charge in [-0.1, -0.05) is 120 Å². The van der Waals surface area contributed by atoms with Crippen LogP contribution in [0.5, 0.6) is 0 Å². The number of amidine groups is 1. The number of sulfonamides is 1. The first-order valence-corrected chi connectivity index (χ1v) is 16.7. The molecule has 46 heavy (non-hydrogen) atoms. The summed E-state index contributed by atoms with van der Waals surface area (Å²) in [6, 6.07) is 39.5. The average molecular weight is 648 g/mol. The zero-order chi connectivity index (χ0) is 31.9. The summed E-state index contributed by atoms with van der Waals surface area (Å²) in [5.74, 6) is -1.16. The Morgan fingerprint density at radius 1 is 0.826 bits per heavy atom. The molecule has 9 heteroatoms. The number of fused-ring (bicyclic) bond motifs is 2. The molecule has 1 amide bonds. The molecule has 0 aliphatic carbocycles. The number of aryl methyl sites for hydroxylation is 1. The second kappa shape index (κ2) is 11.9. The minimum absolute atomic E-state index is 0.0515. The zero-order valence-corrected chi connectivity index (χ0v) is 26.4. The first-order valence-electron chi connectivity index (χ1n) is 14.9. The average Bonchev–Trinajstić information content (AvgIpc) is 3.51. The molecule has 2 aliphatic rings. The normalized spacial score (nSPS) is 21.5. The zero-order valence-electron chi connectivity index (χ0n) is 24.9. The SMILES string of the molecule is Cc1ccc(S(=O)(=O)/N=C2\Nc3ccccc3C23C(c2cccc(Cl)c2)C(=O)N(OCc2ccccc2)C3c2ccccc2)cc1. The van der Waals surface area contributed by atoms with Crippen molar-refractivity contribution in [3.8, 4) is 0 Å². The van der Waals surface area contributed by atoms with Crippen LogP contribution >= 0.6 is 11.6 Å². The topological polar surface area (TPSA) is 88.1 Å². The van der Waals surface area contributed by atoms with Crippen LogP contribution in [-0.4, -0.2) is 25.2 Å². The van der Waals surface area contributed by atoms with Gasteiger partial charge >= 0.3 is 0 Å². The molecule has 1 N–H and O–H groups in total. The van der Waals surface area contributed by atoms with Crippen molar-refractivity contribution in [1.82, 2.24) is 5.06 Å². The minimum atomic E-state index is -4.22. The van der Waals surface area contributed by atoms with E-state index in [4.69, 9.17) is 16.4 Å². The number of carbonyl (C=O) groups is 1. The lowest BCUT2D eigenvalue weighted by Gasteiger charge is -2.37. The molecule has 230 valence electrons. The van der Waals surface area contributed by atoms with Gasteiger partial charge in [-0.05, 0) is 59.5 Å². The van der Waals surface area contributed by atoms with Crippen molar-refractivity contribution < 1.29 is 18.0 Å². The first-order chi connectivity index (χ1) is 22.3. The Hall–Kier alpha value is -4.76. The van der Waals surface area contributed by atoms with E-state index in [-0.39, 0.29) is 23.2 Å². The van der Waals surface area contributed by atoms with E-state index in [0.717, 1.165) is 22.3 Å². The summed E-state index contributed by atoms with van der Waals surface area (Å²) in [5, 5.41) is 5.19. The van der Waals surface area contributed by atoms with E-state index in [1.54, 1.807) is 42.5 Å². The van der Waals surface area contributed by atoms with Gasteiger partial charge < -0.3 is 5.32 Å². The number of hydroxylamine groups is 2. The Morgan fingerprint density at radius 3 is 2.20 bits per heavy atom. The number of nitrogens with zero attached hydrogens (tertiary/aromatic N) is 2. The minimum Gasteiger partial charge on any atom is -0.342 e. The molecule has 5 aromatic rings. The summed E-state index contributed by atoms with van der Waals surface area (Å²) in [6.45, 7) is 2.01. The standard InChI is InChI=1S/C37H30ClN3O4S/c1-25-19-21-30(22-20-25)46(43,44)40-36-37(31-17-8-9-18-32(31)39-36)33(28-15-10-16-29(38)23-28)35(42)41(34(37)27-13-6-3-7-14-27)45-24-26-11-4-2-5-12-26/h2-23,33-34H,24H2,1H3,(H,39,40). The van der Waals surface area contributed by atoms with E-state index in [1.165, 1.54) is 5.06 Å². The lowest BCUT2D eigenvalue weighted by atomic mass is 9.64. The van der Waals surface area contributed by atoms with Gasteiger partial charge in [-0.3, -0.25) is 9.63 Å². The third kappa shape index (κ3) is 5.08. The van der Waals surface area contributed by atoms with Crippen LogP contribution in [0.25, 0.3) is 0 Å². The molecule has 2 aliphatic heterocycles. The fourth-order valence-corrected chi connectivity index (χ4v) is 7.86. The molecule has 3 unspecified atom stereocenters. The van der Waals surface area contributed by atoms with E-state index in [1.807, 2.05) is 97.9 Å². The molecular weight excluding hydrogens is 618 g/mol. The molecule has 0 aromatic heterocycles. The molecule has 1 fully saturated rings. The number of rotatable bonds is 7. The summed E-state index contributed by atoms with van der Waals surface area (Å²) in [7, 11) is -4.22. The summed E-state index contributed by atoms with van der Waals surface area (Å²) >= 11 is 6.54. The van der Waals surface area contributed by atoms with Crippen LogP contribution in [0.3, 0.4) is 0 Å².